The van der Waals surface area contributed by atoms with Gasteiger partial charge in [-0.25, -0.2) is 28.8 Å². The molecule has 0 saturated carbocycles. The number of aromatic carboxylic acids is 1. The molecule has 4 heterocycles. The lowest BCUT2D eigenvalue weighted by Gasteiger charge is -2.40. The molecule has 5 unspecified atom stereocenters. The number of benzene rings is 6. The molecule has 79 heavy (non-hydrogen) atoms. The summed E-state index contributed by atoms with van der Waals surface area (Å²) in [4.78, 5) is 84.6. The Bertz CT molecular complexity index is 3740. The van der Waals surface area contributed by atoms with Crippen molar-refractivity contribution in [3.8, 4) is 131 Å². The minimum atomic E-state index is -2.93. The van der Waals surface area contributed by atoms with Crippen LogP contribution in [0.25, 0.3) is 22.3 Å². The summed E-state index contributed by atoms with van der Waals surface area (Å²) in [5.41, 5.74) is -13.3. The SMILES string of the molecule is O=C(OC1COC(=O)c2cc(Oc3c(C(=O)O)cc(O)c(O)c3O)c(O)c(O)c2-c2c(cc(O)c(O)c2O)C(=O)OC1C1OC(=O)c2cc(O)c(O)c(O)c2-c2c(O)c(O)c(O)c3c2C(=O)OC1C3O)c1cc(O)c(O)c(O)c1. The molecular weight excluding hydrogens is 1070 g/mol. The molecule has 410 valence electrons. The third kappa shape index (κ3) is 8.04. The Morgan fingerprint density at radius 2 is 0.899 bits per heavy atom. The Labute approximate surface area is 433 Å². The van der Waals surface area contributed by atoms with E-state index in [9.17, 15) is 126 Å². The van der Waals surface area contributed by atoms with Gasteiger partial charge in [-0.05, 0) is 24.3 Å². The van der Waals surface area contributed by atoms with Crippen LogP contribution in [0.15, 0.2) is 36.4 Å². The molecule has 4 bridgehead atoms. The molecule has 0 saturated heterocycles. The van der Waals surface area contributed by atoms with Gasteiger partial charge < -0.3 is 125 Å². The number of carboxylic acids is 1. The first-order chi connectivity index (χ1) is 37.1. The van der Waals surface area contributed by atoms with E-state index in [0.29, 0.717) is 30.3 Å². The molecule has 31 heteroatoms. The van der Waals surface area contributed by atoms with Crippen LogP contribution in [0.3, 0.4) is 0 Å². The molecule has 5 atom stereocenters. The number of esters is 5. The summed E-state index contributed by atoms with van der Waals surface area (Å²) >= 11 is 0. The van der Waals surface area contributed by atoms with E-state index in [1.165, 1.54) is 0 Å². The Kier molecular flexibility index (Phi) is 12.2. The van der Waals surface area contributed by atoms with Gasteiger partial charge in [0.1, 0.15) is 18.3 Å². The van der Waals surface area contributed by atoms with Gasteiger partial charge in [0.25, 0.3) is 0 Å². The standard InChI is InChI=1S/C48H32O31/c49-13-1-8(2-14(50)26(13)54)44(69)76-19-7-74-45(70)11-6-18(75-39-12(43(67)68)5-17(53)29(57)38(39)66)30(58)33(61)21(11)20-9(3-15(51)27(55)31(20)59)46(71)77-40(19)42-41-36(64)25-24(48(73)78-41)23(34(62)37(65)35(25)63)22-10(47(72)79-42)4-16(52)28(56)32(22)60/h1-6,19,36,40-42,49-66H,7H2,(H,67,68). The summed E-state index contributed by atoms with van der Waals surface area (Å²) in [6.45, 7) is -1.66. The van der Waals surface area contributed by atoms with E-state index in [0.717, 1.165) is 0 Å². The van der Waals surface area contributed by atoms with Crippen LogP contribution in [-0.2, 0) is 23.7 Å². The van der Waals surface area contributed by atoms with Crippen molar-refractivity contribution in [3.05, 3.63) is 75.3 Å². The summed E-state index contributed by atoms with van der Waals surface area (Å²) in [5.74, 6) is -38.9. The lowest BCUT2D eigenvalue weighted by molar-refractivity contribution is -0.154. The molecule has 0 radical (unpaired) electrons. The van der Waals surface area contributed by atoms with Crippen molar-refractivity contribution in [1.82, 2.24) is 0 Å². The Morgan fingerprint density at radius 1 is 0.443 bits per heavy atom. The minimum Gasteiger partial charge on any atom is -0.504 e. The van der Waals surface area contributed by atoms with Gasteiger partial charge in [-0.1, -0.05) is 0 Å². The first-order valence-electron chi connectivity index (χ1n) is 21.7. The lowest BCUT2D eigenvalue weighted by atomic mass is 9.82. The van der Waals surface area contributed by atoms with E-state index in [4.69, 9.17) is 28.4 Å². The van der Waals surface area contributed by atoms with Gasteiger partial charge in [-0.3, -0.25) is 0 Å². The predicted octanol–water partition coefficient (Wildman–Crippen LogP) is 2.24. The van der Waals surface area contributed by atoms with E-state index in [2.05, 4.69) is 0 Å². The Hall–Kier alpha value is -11.5. The second-order valence-electron chi connectivity index (χ2n) is 17.1. The van der Waals surface area contributed by atoms with Crippen LogP contribution in [0.5, 0.6) is 109 Å². The topological polar surface area (TPSA) is 542 Å². The van der Waals surface area contributed by atoms with Gasteiger partial charge in [-0.2, -0.15) is 0 Å². The number of hydrogen-bond donors (Lipinski definition) is 19. The molecule has 31 nitrogen and oxygen atoms in total. The second kappa shape index (κ2) is 18.4. The Balaban J connectivity index is 1.31. The number of aliphatic hydroxyl groups excluding tert-OH is 1. The number of carbonyl (C=O) groups excluding carboxylic acids is 5. The lowest BCUT2D eigenvalue weighted by Crippen LogP contribution is -2.56. The number of phenolic OH excluding ortho intramolecular Hbond substituents is 17. The number of ether oxygens (including phenoxy) is 6. The summed E-state index contributed by atoms with van der Waals surface area (Å²) in [5, 5.41) is 205. The number of aliphatic hydroxyl groups is 1. The van der Waals surface area contributed by atoms with Crippen LogP contribution in [0, 0.1) is 0 Å². The molecule has 0 aliphatic carbocycles. The number of phenols is 17. The van der Waals surface area contributed by atoms with Crippen LogP contribution in [0.4, 0.5) is 0 Å². The molecule has 10 rings (SSSR count). The van der Waals surface area contributed by atoms with Crippen molar-refractivity contribution in [3.63, 3.8) is 0 Å². The van der Waals surface area contributed by atoms with Gasteiger partial charge in [0, 0.05) is 39.9 Å². The summed E-state index contributed by atoms with van der Waals surface area (Å²) in [6.07, 6.45) is -14.0. The van der Waals surface area contributed by atoms with E-state index < -0.39 is 243 Å². The molecular formula is C48H32O31. The summed E-state index contributed by atoms with van der Waals surface area (Å²) in [7, 11) is 0. The number of aromatic hydroxyl groups is 17. The minimum absolute atomic E-state index is 0.241. The van der Waals surface area contributed by atoms with Crippen molar-refractivity contribution < 1.29 is 154 Å². The van der Waals surface area contributed by atoms with Crippen LogP contribution in [0.1, 0.15) is 73.8 Å². The maximum absolute atomic E-state index is 15.0. The van der Waals surface area contributed by atoms with Gasteiger partial charge in [0.05, 0.1) is 27.8 Å². The fourth-order valence-corrected chi connectivity index (χ4v) is 8.78. The molecule has 0 aromatic heterocycles. The quantitative estimate of drug-likeness (QED) is 0.0646. The monoisotopic (exact) mass is 1100 g/mol. The van der Waals surface area contributed by atoms with Gasteiger partial charge in [-0.15, -0.1) is 0 Å². The zero-order valence-electron chi connectivity index (χ0n) is 38.5. The highest BCUT2D eigenvalue weighted by Gasteiger charge is 2.54. The fraction of sp³-hybridized carbons (Fsp3) is 0.125. The zero-order valence-corrected chi connectivity index (χ0v) is 38.5. The highest BCUT2D eigenvalue weighted by atomic mass is 16.6. The van der Waals surface area contributed by atoms with E-state index in [1.807, 2.05) is 0 Å². The molecule has 6 aromatic rings. The number of carboxylic acid groups (broad SMARTS) is 1. The fourth-order valence-electron chi connectivity index (χ4n) is 8.78. The van der Waals surface area contributed by atoms with E-state index in [1.54, 1.807) is 0 Å². The van der Waals surface area contributed by atoms with Gasteiger partial charge in [0.15, 0.2) is 99.2 Å². The number of hydrogen-bond acceptors (Lipinski definition) is 30. The third-order valence-corrected chi connectivity index (χ3v) is 12.5. The number of cyclic esters (lactones) is 2. The van der Waals surface area contributed by atoms with Crippen molar-refractivity contribution in [2.24, 2.45) is 0 Å². The maximum atomic E-state index is 15.0. The third-order valence-electron chi connectivity index (χ3n) is 12.5. The van der Waals surface area contributed by atoms with Crippen LogP contribution in [0.2, 0.25) is 0 Å². The highest BCUT2D eigenvalue weighted by molar-refractivity contribution is 6.11. The molecule has 0 fully saturated rings. The molecule has 19 N–H and O–H groups in total. The van der Waals surface area contributed by atoms with Gasteiger partial charge in [0.2, 0.25) is 34.5 Å². The van der Waals surface area contributed by atoms with Crippen molar-refractivity contribution in [2.75, 3.05) is 6.61 Å². The average molecular weight is 1100 g/mol. The van der Waals surface area contributed by atoms with Crippen LogP contribution < -0.4 is 4.74 Å². The van der Waals surface area contributed by atoms with E-state index >= 15 is 0 Å². The van der Waals surface area contributed by atoms with Crippen LogP contribution >= 0.6 is 0 Å². The average Bonchev–Trinajstić information content (AvgIpc) is 3.50. The van der Waals surface area contributed by atoms with Crippen LogP contribution in [-0.4, -0.2) is 164 Å². The van der Waals surface area contributed by atoms with Crippen molar-refractivity contribution >= 4 is 35.8 Å². The molecule has 0 spiro atoms. The molecule has 4 aliphatic heterocycles. The predicted molar refractivity (Wildman–Crippen MR) is 244 cm³/mol. The normalized spacial score (nSPS) is 18.5. The first kappa shape index (κ1) is 52.4. The molecule has 4 aliphatic rings. The maximum Gasteiger partial charge on any atom is 0.339 e. The van der Waals surface area contributed by atoms with Crippen molar-refractivity contribution in [1.29, 1.82) is 0 Å². The van der Waals surface area contributed by atoms with E-state index in [-0.39, 0.29) is 6.07 Å². The summed E-state index contributed by atoms with van der Waals surface area (Å²) in [6, 6.07) is 2.15. The largest absolute Gasteiger partial charge is 0.504 e. The van der Waals surface area contributed by atoms with Gasteiger partial charge >= 0.3 is 35.8 Å². The zero-order chi connectivity index (χ0) is 57.9. The smallest absolute Gasteiger partial charge is 0.339 e. The van der Waals surface area contributed by atoms with Crippen molar-refractivity contribution in [2.45, 2.75) is 30.5 Å². The number of fused-ring (bicyclic) bond motifs is 6. The Morgan fingerprint density at radius 3 is 1.46 bits per heavy atom. The number of carbonyl (C=O) groups is 6. The number of rotatable bonds is 6. The molecule has 6 aromatic carbocycles. The summed E-state index contributed by atoms with van der Waals surface area (Å²) < 4.78 is 33.2. The molecule has 0 amide bonds. The second-order valence-corrected chi connectivity index (χ2v) is 17.1. The highest BCUT2D eigenvalue weighted by Crippen LogP contribution is 2.59. The first-order valence-corrected chi connectivity index (χ1v) is 21.7.